The molecule has 6 aromatic rings. The molecule has 0 spiro atoms. The van der Waals surface area contributed by atoms with Crippen LogP contribution in [-0.4, -0.2) is 0 Å². The van der Waals surface area contributed by atoms with Crippen LogP contribution in [-0.2, 0) is 0 Å². The quantitative estimate of drug-likeness (QED) is 0.256. The van der Waals surface area contributed by atoms with Gasteiger partial charge in [-0.2, -0.15) is 0 Å². The molecule has 3 heteroatoms. The van der Waals surface area contributed by atoms with E-state index in [4.69, 9.17) is 4.42 Å². The highest BCUT2D eigenvalue weighted by molar-refractivity contribution is 9.10. The smallest absolute Gasteiger partial charge is 0.136 e. The number of rotatable bonds is 1. The number of furan rings is 1. The highest BCUT2D eigenvalue weighted by Gasteiger charge is 2.16. The zero-order valence-corrected chi connectivity index (χ0v) is 16.6. The summed E-state index contributed by atoms with van der Waals surface area (Å²) in [6.45, 7) is 0. The minimum absolute atomic E-state index is 0.935. The Hall–Kier alpha value is -2.62. The topological polar surface area (TPSA) is 13.1 Å². The van der Waals surface area contributed by atoms with Crippen molar-refractivity contribution in [3.05, 3.63) is 83.3 Å². The van der Waals surface area contributed by atoms with Gasteiger partial charge in [0.25, 0.3) is 0 Å². The Labute approximate surface area is 168 Å². The van der Waals surface area contributed by atoms with E-state index in [1.807, 2.05) is 23.5 Å². The number of benzene rings is 4. The van der Waals surface area contributed by atoms with Crippen molar-refractivity contribution < 1.29 is 4.42 Å². The van der Waals surface area contributed by atoms with Crippen molar-refractivity contribution in [2.24, 2.45) is 0 Å². The van der Waals surface area contributed by atoms with Crippen molar-refractivity contribution in [1.82, 2.24) is 0 Å². The second-order valence-electron chi connectivity index (χ2n) is 6.67. The third-order valence-corrected chi connectivity index (χ3v) is 7.29. The molecule has 0 saturated carbocycles. The second kappa shape index (κ2) is 5.69. The molecule has 128 valence electrons. The van der Waals surface area contributed by atoms with Gasteiger partial charge in [-0.15, -0.1) is 11.3 Å². The average Bonchev–Trinajstić information content (AvgIpc) is 3.27. The summed E-state index contributed by atoms with van der Waals surface area (Å²) in [6, 6.07) is 27.7. The Morgan fingerprint density at radius 3 is 2.26 bits per heavy atom. The molecule has 0 aliphatic heterocycles. The van der Waals surface area contributed by atoms with E-state index in [2.05, 4.69) is 82.7 Å². The fourth-order valence-electron chi connectivity index (χ4n) is 4.04. The van der Waals surface area contributed by atoms with Gasteiger partial charge in [-0.25, -0.2) is 0 Å². The standard InChI is InChI=1S/C24H13BrOS/c25-18-10-3-9-17-23-15(8-5-13-21(23)27-24(17)18)14-7-4-12-20-22(14)16-6-1-2-11-19(16)26-20/h1-13H. The van der Waals surface area contributed by atoms with Crippen molar-refractivity contribution in [2.45, 2.75) is 0 Å². The fraction of sp³-hybridized carbons (Fsp3) is 0. The molecule has 1 nitrogen and oxygen atoms in total. The Morgan fingerprint density at radius 2 is 1.33 bits per heavy atom. The third kappa shape index (κ3) is 2.16. The first kappa shape index (κ1) is 15.4. The molecule has 0 aliphatic carbocycles. The van der Waals surface area contributed by atoms with Crippen LogP contribution in [0.2, 0.25) is 0 Å². The summed E-state index contributed by atoms with van der Waals surface area (Å²) >= 11 is 5.56. The van der Waals surface area contributed by atoms with Gasteiger partial charge in [0.1, 0.15) is 11.2 Å². The zero-order chi connectivity index (χ0) is 18.0. The van der Waals surface area contributed by atoms with Gasteiger partial charge in [-0.1, -0.05) is 54.6 Å². The van der Waals surface area contributed by atoms with Gasteiger partial charge in [0.05, 0.1) is 0 Å². The van der Waals surface area contributed by atoms with Gasteiger partial charge in [-0.05, 0) is 51.3 Å². The molecule has 0 atom stereocenters. The molecule has 27 heavy (non-hydrogen) atoms. The number of hydrogen-bond donors (Lipinski definition) is 0. The molecule has 4 aromatic carbocycles. The number of halogens is 1. The van der Waals surface area contributed by atoms with Crippen LogP contribution in [0, 0.1) is 0 Å². The van der Waals surface area contributed by atoms with Gasteiger partial charge in [0.15, 0.2) is 0 Å². The highest BCUT2D eigenvalue weighted by Crippen LogP contribution is 2.45. The van der Waals surface area contributed by atoms with Crippen LogP contribution in [0.3, 0.4) is 0 Å². The molecule has 0 radical (unpaired) electrons. The molecule has 2 heterocycles. The molecular formula is C24H13BrOS. The van der Waals surface area contributed by atoms with Gasteiger partial charge < -0.3 is 4.42 Å². The molecule has 6 rings (SSSR count). The van der Waals surface area contributed by atoms with Crippen LogP contribution in [0.1, 0.15) is 0 Å². The first-order valence-corrected chi connectivity index (χ1v) is 10.4. The predicted octanol–water partition coefficient (Wildman–Crippen LogP) is 8.38. The lowest BCUT2D eigenvalue weighted by Gasteiger charge is -2.07. The van der Waals surface area contributed by atoms with Crippen LogP contribution < -0.4 is 0 Å². The molecule has 2 aromatic heterocycles. The lowest BCUT2D eigenvalue weighted by Crippen LogP contribution is -1.81. The van der Waals surface area contributed by atoms with Crippen molar-refractivity contribution in [1.29, 1.82) is 0 Å². The van der Waals surface area contributed by atoms with Crippen LogP contribution in [0.15, 0.2) is 87.8 Å². The lowest BCUT2D eigenvalue weighted by atomic mass is 9.95. The molecule has 0 aliphatic rings. The van der Waals surface area contributed by atoms with Crippen molar-refractivity contribution in [3.8, 4) is 11.1 Å². The summed E-state index contributed by atoms with van der Waals surface area (Å²) in [5, 5.41) is 4.97. The summed E-state index contributed by atoms with van der Waals surface area (Å²) in [4.78, 5) is 0. The van der Waals surface area contributed by atoms with Gasteiger partial charge in [-0.3, -0.25) is 0 Å². The molecule has 0 fully saturated rings. The van der Waals surface area contributed by atoms with Crippen molar-refractivity contribution in [3.63, 3.8) is 0 Å². The summed E-state index contributed by atoms with van der Waals surface area (Å²) in [5.41, 5.74) is 4.35. The zero-order valence-electron chi connectivity index (χ0n) is 14.2. The van der Waals surface area contributed by atoms with Crippen LogP contribution in [0.4, 0.5) is 0 Å². The van der Waals surface area contributed by atoms with Gasteiger partial charge in [0.2, 0.25) is 0 Å². The van der Waals surface area contributed by atoms with Gasteiger partial charge >= 0.3 is 0 Å². The van der Waals surface area contributed by atoms with Crippen LogP contribution >= 0.6 is 27.3 Å². The maximum absolute atomic E-state index is 6.11. The molecule has 0 saturated heterocycles. The van der Waals surface area contributed by atoms with Crippen molar-refractivity contribution in [2.75, 3.05) is 0 Å². The Morgan fingerprint density at radius 1 is 0.630 bits per heavy atom. The molecular weight excluding hydrogens is 416 g/mol. The monoisotopic (exact) mass is 428 g/mol. The Kier molecular flexibility index (Phi) is 3.25. The van der Waals surface area contributed by atoms with Crippen molar-refractivity contribution >= 4 is 69.4 Å². The van der Waals surface area contributed by atoms with E-state index in [-0.39, 0.29) is 0 Å². The third-order valence-electron chi connectivity index (χ3n) is 5.17. The van der Waals surface area contributed by atoms with E-state index in [0.717, 1.165) is 15.6 Å². The molecule has 0 N–H and O–H groups in total. The molecule has 0 bridgehead atoms. The number of para-hydroxylation sites is 1. The Balaban J connectivity index is 1.81. The average molecular weight is 429 g/mol. The maximum atomic E-state index is 6.11. The van der Waals surface area contributed by atoms with Gasteiger partial charge in [0, 0.05) is 35.4 Å². The molecule has 0 amide bonds. The number of fused-ring (bicyclic) bond motifs is 6. The largest absolute Gasteiger partial charge is 0.456 e. The first-order valence-electron chi connectivity index (χ1n) is 8.81. The lowest BCUT2D eigenvalue weighted by molar-refractivity contribution is 0.669. The number of thiophene rings is 1. The first-order chi connectivity index (χ1) is 13.3. The van der Waals surface area contributed by atoms with E-state index in [1.54, 1.807) is 0 Å². The maximum Gasteiger partial charge on any atom is 0.136 e. The second-order valence-corrected chi connectivity index (χ2v) is 8.58. The fourth-order valence-corrected chi connectivity index (χ4v) is 5.78. The minimum atomic E-state index is 0.935. The minimum Gasteiger partial charge on any atom is -0.456 e. The van der Waals surface area contributed by atoms with E-state index >= 15 is 0 Å². The van der Waals surface area contributed by atoms with E-state index in [9.17, 15) is 0 Å². The summed E-state index contributed by atoms with van der Waals surface area (Å²) in [6.07, 6.45) is 0. The van der Waals surface area contributed by atoms with E-state index in [0.29, 0.717) is 0 Å². The number of hydrogen-bond acceptors (Lipinski definition) is 2. The Bertz CT molecular complexity index is 1490. The predicted molar refractivity (Wildman–Crippen MR) is 120 cm³/mol. The van der Waals surface area contributed by atoms with Crippen LogP contribution in [0.25, 0.3) is 53.2 Å². The van der Waals surface area contributed by atoms with E-state index in [1.165, 1.54) is 42.1 Å². The summed E-state index contributed by atoms with van der Waals surface area (Å²) in [7, 11) is 0. The molecule has 0 unspecified atom stereocenters. The SMILES string of the molecule is Brc1cccc2c1sc1cccc(-c3cccc4oc5ccccc5c34)c12. The summed E-state index contributed by atoms with van der Waals surface area (Å²) < 4.78 is 9.86. The normalized spacial score (nSPS) is 11.9. The highest BCUT2D eigenvalue weighted by atomic mass is 79.9. The van der Waals surface area contributed by atoms with Crippen LogP contribution in [0.5, 0.6) is 0 Å². The van der Waals surface area contributed by atoms with E-state index < -0.39 is 0 Å². The summed E-state index contributed by atoms with van der Waals surface area (Å²) in [5.74, 6) is 0.